The Balaban J connectivity index is 2.03. The average Bonchev–Trinajstić information content (AvgIpc) is 2.23. The summed E-state index contributed by atoms with van der Waals surface area (Å²) in [5, 5.41) is 7.67. The molecule has 2 fully saturated rings. The molecular weight excluding hydrogens is 192 g/mol. The Bertz CT molecular complexity index is 197. The van der Waals surface area contributed by atoms with Crippen molar-refractivity contribution in [3.05, 3.63) is 0 Å². The maximum Gasteiger partial charge on any atom is 0.166 e. The van der Waals surface area contributed by atoms with Crippen LogP contribution >= 0.6 is 23.8 Å². The Morgan fingerprint density at radius 1 is 1.25 bits per heavy atom. The number of hydrogen-bond acceptors (Lipinski definition) is 1. The van der Waals surface area contributed by atoms with Crippen LogP contribution in [0.2, 0.25) is 0 Å². The fourth-order valence-electron chi connectivity index (χ4n) is 2.03. The first kappa shape index (κ1) is 8.57. The zero-order chi connectivity index (χ0) is 8.55. The summed E-state index contributed by atoms with van der Waals surface area (Å²) in [6, 6.07) is 1.00. The van der Waals surface area contributed by atoms with Gasteiger partial charge >= 0.3 is 0 Å². The Kier molecular flexibility index (Phi) is 2.42. The van der Waals surface area contributed by atoms with Gasteiger partial charge in [-0.3, -0.25) is 0 Å². The first-order chi connectivity index (χ1) is 5.75. The van der Waals surface area contributed by atoms with E-state index >= 15 is 0 Å². The summed E-state index contributed by atoms with van der Waals surface area (Å²) >= 11 is 11.2. The van der Waals surface area contributed by atoms with Crippen molar-refractivity contribution < 1.29 is 0 Å². The van der Waals surface area contributed by atoms with E-state index < -0.39 is 0 Å². The van der Waals surface area contributed by atoms with Crippen molar-refractivity contribution in [3.8, 4) is 0 Å². The second-order valence-corrected chi connectivity index (χ2v) is 4.62. The predicted molar refractivity (Wildman–Crippen MR) is 54.6 cm³/mol. The van der Waals surface area contributed by atoms with E-state index in [2.05, 4.69) is 10.6 Å². The molecule has 3 unspecified atom stereocenters. The van der Waals surface area contributed by atoms with Gasteiger partial charge < -0.3 is 10.6 Å². The van der Waals surface area contributed by atoms with Gasteiger partial charge in [0.1, 0.15) is 0 Å². The van der Waals surface area contributed by atoms with Crippen LogP contribution in [-0.2, 0) is 0 Å². The molecule has 0 aromatic rings. The normalized spacial score (nSPS) is 41.1. The van der Waals surface area contributed by atoms with E-state index in [1.54, 1.807) is 0 Å². The lowest BCUT2D eigenvalue weighted by Crippen LogP contribution is -2.33. The summed E-state index contributed by atoms with van der Waals surface area (Å²) in [7, 11) is 0. The molecule has 68 valence electrons. The van der Waals surface area contributed by atoms with Crippen molar-refractivity contribution in [2.45, 2.75) is 43.1 Å². The number of fused-ring (bicyclic) bond motifs is 1. The van der Waals surface area contributed by atoms with Crippen LogP contribution in [0.4, 0.5) is 0 Å². The van der Waals surface area contributed by atoms with Crippen LogP contribution in [0.5, 0.6) is 0 Å². The minimum Gasteiger partial charge on any atom is -0.358 e. The Morgan fingerprint density at radius 3 is 2.83 bits per heavy atom. The fourth-order valence-corrected chi connectivity index (χ4v) is 2.68. The molecule has 1 saturated heterocycles. The molecule has 0 bridgehead atoms. The molecule has 2 N–H and O–H groups in total. The minimum absolute atomic E-state index is 0.329. The molecule has 0 aromatic carbocycles. The van der Waals surface area contributed by atoms with Crippen LogP contribution < -0.4 is 10.6 Å². The number of rotatable bonds is 0. The highest BCUT2D eigenvalue weighted by Crippen LogP contribution is 2.24. The number of nitrogens with one attached hydrogen (secondary N) is 2. The molecule has 0 spiro atoms. The molecule has 4 heteroatoms. The first-order valence-corrected chi connectivity index (χ1v) is 5.31. The summed E-state index contributed by atoms with van der Waals surface area (Å²) in [5.41, 5.74) is 0. The molecule has 1 saturated carbocycles. The number of halogens is 1. The summed E-state index contributed by atoms with van der Waals surface area (Å²) in [4.78, 5) is 0. The maximum absolute atomic E-state index is 6.12. The SMILES string of the molecule is S=C1NC2CCCC(Cl)CC2N1. The van der Waals surface area contributed by atoms with Crippen LogP contribution in [0.1, 0.15) is 25.7 Å². The van der Waals surface area contributed by atoms with Crippen LogP contribution in [-0.4, -0.2) is 22.6 Å². The molecule has 2 aliphatic rings. The average molecular weight is 205 g/mol. The lowest BCUT2D eigenvalue weighted by atomic mass is 10.1. The summed E-state index contributed by atoms with van der Waals surface area (Å²) in [5.74, 6) is 0. The smallest absolute Gasteiger partial charge is 0.166 e. The van der Waals surface area contributed by atoms with Gasteiger partial charge in [0.25, 0.3) is 0 Å². The minimum atomic E-state index is 0.329. The second-order valence-electron chi connectivity index (χ2n) is 3.59. The monoisotopic (exact) mass is 204 g/mol. The highest BCUT2D eigenvalue weighted by molar-refractivity contribution is 7.80. The van der Waals surface area contributed by atoms with Crippen molar-refractivity contribution in [1.29, 1.82) is 0 Å². The van der Waals surface area contributed by atoms with E-state index in [9.17, 15) is 0 Å². The third-order valence-corrected chi connectivity index (χ3v) is 3.29. The molecule has 0 radical (unpaired) electrons. The molecule has 0 amide bonds. The van der Waals surface area contributed by atoms with E-state index in [0.29, 0.717) is 17.5 Å². The lowest BCUT2D eigenvalue weighted by Gasteiger charge is -2.15. The van der Waals surface area contributed by atoms with E-state index in [1.165, 1.54) is 12.8 Å². The van der Waals surface area contributed by atoms with Crippen LogP contribution in [0, 0.1) is 0 Å². The third kappa shape index (κ3) is 1.67. The lowest BCUT2D eigenvalue weighted by molar-refractivity contribution is 0.485. The van der Waals surface area contributed by atoms with E-state index in [4.69, 9.17) is 23.8 Å². The third-order valence-electron chi connectivity index (χ3n) is 2.66. The van der Waals surface area contributed by atoms with Crippen LogP contribution in [0.15, 0.2) is 0 Å². The summed E-state index contributed by atoms with van der Waals surface area (Å²) in [6.45, 7) is 0. The molecular formula is C8H13ClN2S. The van der Waals surface area contributed by atoms with Gasteiger partial charge in [0, 0.05) is 17.5 Å². The summed E-state index contributed by atoms with van der Waals surface area (Å²) < 4.78 is 0. The van der Waals surface area contributed by atoms with E-state index in [0.717, 1.165) is 18.0 Å². The Morgan fingerprint density at radius 2 is 2.00 bits per heavy atom. The molecule has 2 rings (SSSR count). The quantitative estimate of drug-likeness (QED) is 0.461. The van der Waals surface area contributed by atoms with Crippen LogP contribution in [0.25, 0.3) is 0 Å². The zero-order valence-electron chi connectivity index (χ0n) is 6.85. The topological polar surface area (TPSA) is 24.1 Å². The van der Waals surface area contributed by atoms with Gasteiger partial charge in [-0.15, -0.1) is 11.6 Å². The van der Waals surface area contributed by atoms with Crippen molar-refractivity contribution in [1.82, 2.24) is 10.6 Å². The van der Waals surface area contributed by atoms with Gasteiger partial charge in [0.2, 0.25) is 0 Å². The van der Waals surface area contributed by atoms with E-state index in [-0.39, 0.29) is 0 Å². The molecule has 0 aromatic heterocycles. The fraction of sp³-hybridized carbons (Fsp3) is 0.875. The molecule has 1 aliphatic heterocycles. The molecule has 1 heterocycles. The number of alkyl halides is 1. The van der Waals surface area contributed by atoms with E-state index in [1.807, 2.05) is 0 Å². The van der Waals surface area contributed by atoms with Gasteiger partial charge in [-0.1, -0.05) is 0 Å². The van der Waals surface area contributed by atoms with Crippen molar-refractivity contribution >= 4 is 28.9 Å². The largest absolute Gasteiger partial charge is 0.358 e. The number of thiocarbonyl (C=S) groups is 1. The molecule has 12 heavy (non-hydrogen) atoms. The van der Waals surface area contributed by atoms with Gasteiger partial charge in [0.15, 0.2) is 5.11 Å². The first-order valence-electron chi connectivity index (χ1n) is 4.47. The highest BCUT2D eigenvalue weighted by atomic mass is 35.5. The van der Waals surface area contributed by atoms with Crippen molar-refractivity contribution in [2.75, 3.05) is 0 Å². The van der Waals surface area contributed by atoms with Crippen LogP contribution in [0.3, 0.4) is 0 Å². The zero-order valence-corrected chi connectivity index (χ0v) is 8.42. The standard InChI is InChI=1S/C8H13ClN2S/c9-5-2-1-3-6-7(4-5)11-8(12)10-6/h5-7H,1-4H2,(H2,10,11,12). The van der Waals surface area contributed by atoms with Gasteiger partial charge in [0.05, 0.1) is 0 Å². The summed E-state index contributed by atoms with van der Waals surface area (Å²) in [6.07, 6.45) is 4.59. The maximum atomic E-state index is 6.12. The highest BCUT2D eigenvalue weighted by Gasteiger charge is 2.32. The molecule has 1 aliphatic carbocycles. The number of hydrogen-bond donors (Lipinski definition) is 2. The predicted octanol–water partition coefficient (Wildman–Crippen LogP) is 1.38. The molecule has 2 nitrogen and oxygen atoms in total. The van der Waals surface area contributed by atoms with Gasteiger partial charge in [-0.25, -0.2) is 0 Å². The molecule has 3 atom stereocenters. The van der Waals surface area contributed by atoms with Gasteiger partial charge in [-0.05, 0) is 37.9 Å². The van der Waals surface area contributed by atoms with Gasteiger partial charge in [-0.2, -0.15) is 0 Å². The second kappa shape index (κ2) is 3.38. The van der Waals surface area contributed by atoms with Crippen molar-refractivity contribution in [2.24, 2.45) is 0 Å². The Labute approximate surface area is 83.0 Å². The van der Waals surface area contributed by atoms with Crippen molar-refractivity contribution in [3.63, 3.8) is 0 Å². The Hall–Kier alpha value is -0.0200.